The predicted octanol–water partition coefficient (Wildman–Crippen LogP) is 2.19. The average molecular weight is 249 g/mol. The predicted molar refractivity (Wildman–Crippen MR) is 69.7 cm³/mol. The molecule has 17 heavy (non-hydrogen) atoms. The van der Waals surface area contributed by atoms with Crippen molar-refractivity contribution in [1.29, 1.82) is 0 Å². The number of hydrogen-bond acceptors (Lipinski definition) is 5. The first-order valence-corrected chi connectivity index (χ1v) is 6.28. The van der Waals surface area contributed by atoms with E-state index >= 15 is 0 Å². The molecular weight excluding hydrogens is 234 g/mol. The molecule has 0 radical (unpaired) electrons. The molecule has 90 valence electrons. The van der Waals surface area contributed by atoms with E-state index in [1.54, 1.807) is 17.5 Å². The minimum atomic E-state index is 0.587. The Labute approximate surface area is 104 Å². The van der Waals surface area contributed by atoms with Gasteiger partial charge in [-0.3, -0.25) is 0 Å². The molecule has 3 N–H and O–H groups in total. The maximum absolute atomic E-state index is 5.58. The minimum Gasteiger partial charge on any atom is -0.376 e. The van der Waals surface area contributed by atoms with Gasteiger partial charge in [-0.05, 0) is 23.1 Å². The monoisotopic (exact) mass is 249 g/mol. The standard InChI is InChI=1S/C12H15N3OS/c13-15-12-4-3-10(8-14-12)9-16-6-5-11-2-1-7-17-11/h1-4,7-8H,5-6,9,13H2,(H,14,15). The van der Waals surface area contributed by atoms with E-state index in [-0.39, 0.29) is 0 Å². The van der Waals surface area contributed by atoms with Crippen molar-refractivity contribution in [2.24, 2.45) is 5.84 Å². The second kappa shape index (κ2) is 6.34. The summed E-state index contributed by atoms with van der Waals surface area (Å²) in [4.78, 5) is 5.46. The smallest absolute Gasteiger partial charge is 0.139 e. The summed E-state index contributed by atoms with van der Waals surface area (Å²) >= 11 is 1.76. The summed E-state index contributed by atoms with van der Waals surface area (Å²) in [7, 11) is 0. The molecule has 2 rings (SSSR count). The van der Waals surface area contributed by atoms with Crippen molar-refractivity contribution >= 4 is 17.2 Å². The SMILES string of the molecule is NNc1ccc(COCCc2cccs2)cn1. The van der Waals surface area contributed by atoms with E-state index in [2.05, 4.69) is 27.9 Å². The minimum absolute atomic E-state index is 0.587. The van der Waals surface area contributed by atoms with Gasteiger partial charge in [-0.25, -0.2) is 10.8 Å². The van der Waals surface area contributed by atoms with Gasteiger partial charge in [0.05, 0.1) is 13.2 Å². The molecule has 0 bridgehead atoms. The lowest BCUT2D eigenvalue weighted by atomic mass is 10.3. The molecule has 2 aromatic rings. The topological polar surface area (TPSA) is 60.2 Å². The highest BCUT2D eigenvalue weighted by Gasteiger charge is 1.97. The number of thiophene rings is 1. The first kappa shape index (κ1) is 12.0. The van der Waals surface area contributed by atoms with Crippen LogP contribution in [0.1, 0.15) is 10.4 Å². The zero-order valence-electron chi connectivity index (χ0n) is 9.43. The highest BCUT2D eigenvalue weighted by atomic mass is 32.1. The molecule has 5 heteroatoms. The summed E-state index contributed by atoms with van der Waals surface area (Å²) in [6.45, 7) is 1.32. The second-order valence-corrected chi connectivity index (χ2v) is 4.61. The summed E-state index contributed by atoms with van der Waals surface area (Å²) in [5.74, 6) is 5.89. The van der Waals surface area contributed by atoms with E-state index in [9.17, 15) is 0 Å². The zero-order chi connectivity index (χ0) is 11.9. The highest BCUT2D eigenvalue weighted by molar-refractivity contribution is 7.09. The fourth-order valence-corrected chi connectivity index (χ4v) is 2.10. The van der Waals surface area contributed by atoms with Crippen LogP contribution in [-0.4, -0.2) is 11.6 Å². The number of hydrazine groups is 1. The number of anilines is 1. The van der Waals surface area contributed by atoms with Gasteiger partial charge < -0.3 is 10.2 Å². The van der Waals surface area contributed by atoms with Gasteiger partial charge in [0.1, 0.15) is 5.82 Å². The van der Waals surface area contributed by atoms with Gasteiger partial charge in [0.2, 0.25) is 0 Å². The van der Waals surface area contributed by atoms with Crippen LogP contribution in [0.4, 0.5) is 5.82 Å². The van der Waals surface area contributed by atoms with E-state index in [0.717, 1.165) is 18.6 Å². The molecule has 4 nitrogen and oxygen atoms in total. The Hall–Kier alpha value is -1.43. The van der Waals surface area contributed by atoms with Gasteiger partial charge in [0, 0.05) is 17.5 Å². The Morgan fingerprint density at radius 3 is 2.94 bits per heavy atom. The van der Waals surface area contributed by atoms with E-state index < -0.39 is 0 Å². The normalized spacial score (nSPS) is 10.4. The first-order chi connectivity index (χ1) is 8.38. The number of hydrogen-bond donors (Lipinski definition) is 2. The Morgan fingerprint density at radius 1 is 1.35 bits per heavy atom. The summed E-state index contributed by atoms with van der Waals surface area (Å²) in [5.41, 5.74) is 3.54. The fraction of sp³-hybridized carbons (Fsp3) is 0.250. The number of pyridine rings is 1. The number of nitrogen functional groups attached to an aromatic ring is 1. The number of nitrogens with zero attached hydrogens (tertiary/aromatic N) is 1. The number of nitrogens with one attached hydrogen (secondary N) is 1. The maximum atomic E-state index is 5.58. The van der Waals surface area contributed by atoms with Gasteiger partial charge in [0.25, 0.3) is 0 Å². The van der Waals surface area contributed by atoms with E-state index in [4.69, 9.17) is 10.6 Å². The molecule has 0 amide bonds. The van der Waals surface area contributed by atoms with Crippen molar-refractivity contribution < 1.29 is 4.74 Å². The van der Waals surface area contributed by atoms with Crippen molar-refractivity contribution in [2.45, 2.75) is 13.0 Å². The number of nitrogens with two attached hydrogens (primary N) is 1. The van der Waals surface area contributed by atoms with Crippen molar-refractivity contribution in [2.75, 3.05) is 12.0 Å². The third-order valence-corrected chi connectivity index (χ3v) is 3.25. The van der Waals surface area contributed by atoms with Crippen LogP contribution < -0.4 is 11.3 Å². The molecular formula is C12H15N3OS. The van der Waals surface area contributed by atoms with E-state index in [0.29, 0.717) is 12.4 Å². The molecule has 0 saturated heterocycles. The third-order valence-electron chi connectivity index (χ3n) is 2.31. The lowest BCUT2D eigenvalue weighted by Gasteiger charge is -2.04. The molecule has 2 aromatic heterocycles. The van der Waals surface area contributed by atoms with Gasteiger partial charge in [-0.15, -0.1) is 11.3 Å². The molecule has 0 spiro atoms. The molecule has 0 aromatic carbocycles. The fourth-order valence-electron chi connectivity index (χ4n) is 1.41. The van der Waals surface area contributed by atoms with E-state index in [1.807, 2.05) is 12.1 Å². The zero-order valence-corrected chi connectivity index (χ0v) is 10.2. The molecule has 0 aliphatic rings. The van der Waals surface area contributed by atoms with Crippen LogP contribution >= 0.6 is 11.3 Å². The van der Waals surface area contributed by atoms with Crippen molar-refractivity contribution in [3.05, 3.63) is 46.3 Å². The van der Waals surface area contributed by atoms with E-state index in [1.165, 1.54) is 4.88 Å². The molecule has 0 unspecified atom stereocenters. The van der Waals surface area contributed by atoms with Crippen LogP contribution in [0.5, 0.6) is 0 Å². The van der Waals surface area contributed by atoms with Gasteiger partial charge in [-0.2, -0.15) is 0 Å². The number of rotatable bonds is 6. The second-order valence-electron chi connectivity index (χ2n) is 3.58. The Balaban J connectivity index is 1.70. The molecule has 0 aliphatic carbocycles. The summed E-state index contributed by atoms with van der Waals surface area (Å²) in [6.07, 6.45) is 2.73. The molecule has 0 aliphatic heterocycles. The van der Waals surface area contributed by atoms with Crippen molar-refractivity contribution in [3.8, 4) is 0 Å². The number of ether oxygens (including phenoxy) is 1. The molecule has 0 atom stereocenters. The van der Waals surface area contributed by atoms with Crippen LogP contribution in [-0.2, 0) is 17.8 Å². The van der Waals surface area contributed by atoms with Crippen LogP contribution in [0.15, 0.2) is 35.8 Å². The number of aromatic nitrogens is 1. The summed E-state index contributed by atoms with van der Waals surface area (Å²) in [5, 5.41) is 2.08. The maximum Gasteiger partial charge on any atom is 0.139 e. The highest BCUT2D eigenvalue weighted by Crippen LogP contribution is 2.10. The molecule has 2 heterocycles. The van der Waals surface area contributed by atoms with Gasteiger partial charge in [-0.1, -0.05) is 12.1 Å². The van der Waals surface area contributed by atoms with Gasteiger partial charge >= 0.3 is 0 Å². The summed E-state index contributed by atoms with van der Waals surface area (Å²) < 4.78 is 5.58. The largest absolute Gasteiger partial charge is 0.376 e. The lowest BCUT2D eigenvalue weighted by Crippen LogP contribution is -2.08. The molecule has 0 fully saturated rings. The van der Waals surface area contributed by atoms with Crippen molar-refractivity contribution in [3.63, 3.8) is 0 Å². The molecule has 0 saturated carbocycles. The van der Waals surface area contributed by atoms with Crippen LogP contribution in [0.3, 0.4) is 0 Å². The summed E-state index contributed by atoms with van der Waals surface area (Å²) in [6, 6.07) is 7.96. The lowest BCUT2D eigenvalue weighted by molar-refractivity contribution is 0.124. The van der Waals surface area contributed by atoms with Crippen LogP contribution in [0.25, 0.3) is 0 Å². The Bertz CT molecular complexity index is 428. The van der Waals surface area contributed by atoms with Crippen LogP contribution in [0, 0.1) is 0 Å². The first-order valence-electron chi connectivity index (χ1n) is 5.40. The quantitative estimate of drug-likeness (QED) is 0.468. The van der Waals surface area contributed by atoms with Crippen LogP contribution in [0.2, 0.25) is 0 Å². The van der Waals surface area contributed by atoms with Crippen molar-refractivity contribution in [1.82, 2.24) is 4.98 Å². The van der Waals surface area contributed by atoms with Gasteiger partial charge in [0.15, 0.2) is 0 Å². The Kier molecular flexibility index (Phi) is 4.49. The third kappa shape index (κ3) is 3.81. The Morgan fingerprint density at radius 2 is 2.29 bits per heavy atom. The average Bonchev–Trinajstić information content (AvgIpc) is 2.88.